The van der Waals surface area contributed by atoms with E-state index in [1.54, 1.807) is 13.0 Å². The maximum atomic E-state index is 13.3. The second-order valence-corrected chi connectivity index (χ2v) is 3.50. The number of nitrogen functional groups attached to an aromatic ring is 1. The topological polar surface area (TPSA) is 51.8 Å². The van der Waals surface area contributed by atoms with E-state index in [1.807, 2.05) is 6.92 Å². The van der Waals surface area contributed by atoms with Gasteiger partial charge in [-0.15, -0.1) is 0 Å². The average molecular weight is 205 g/mol. The standard InChI is InChI=1S/C11H12FN3/c1-3-10-14-9-5-8(12)6(2)4-7(9)11(13)15-10/h4-5H,3H2,1-2H3,(H2,13,14,15). The zero-order valence-corrected chi connectivity index (χ0v) is 8.71. The first kappa shape index (κ1) is 9.83. The third-order valence-electron chi connectivity index (χ3n) is 2.37. The normalized spacial score (nSPS) is 10.9. The molecule has 1 heterocycles. The SMILES string of the molecule is CCc1nc(N)c2cc(C)c(F)cc2n1. The van der Waals surface area contributed by atoms with Gasteiger partial charge in [-0.05, 0) is 18.6 Å². The third-order valence-corrected chi connectivity index (χ3v) is 2.37. The molecule has 0 radical (unpaired) electrons. The largest absolute Gasteiger partial charge is 0.383 e. The van der Waals surface area contributed by atoms with Gasteiger partial charge >= 0.3 is 0 Å². The van der Waals surface area contributed by atoms with Crippen LogP contribution in [-0.2, 0) is 6.42 Å². The van der Waals surface area contributed by atoms with Crippen LogP contribution in [0.15, 0.2) is 12.1 Å². The quantitative estimate of drug-likeness (QED) is 0.776. The van der Waals surface area contributed by atoms with Gasteiger partial charge in [-0.3, -0.25) is 0 Å². The van der Waals surface area contributed by atoms with Crippen molar-refractivity contribution in [1.82, 2.24) is 9.97 Å². The molecule has 15 heavy (non-hydrogen) atoms. The van der Waals surface area contributed by atoms with Gasteiger partial charge in [0.15, 0.2) is 0 Å². The van der Waals surface area contributed by atoms with Gasteiger partial charge in [0.05, 0.1) is 5.52 Å². The molecular weight excluding hydrogens is 193 g/mol. The van der Waals surface area contributed by atoms with E-state index in [2.05, 4.69) is 9.97 Å². The number of rotatable bonds is 1. The first-order chi connectivity index (χ1) is 7.11. The molecule has 78 valence electrons. The predicted octanol–water partition coefficient (Wildman–Crippen LogP) is 2.22. The summed E-state index contributed by atoms with van der Waals surface area (Å²) in [6.45, 7) is 3.63. The lowest BCUT2D eigenvalue weighted by molar-refractivity contribution is 0.620. The molecule has 2 aromatic rings. The van der Waals surface area contributed by atoms with Gasteiger partial charge in [-0.2, -0.15) is 0 Å². The van der Waals surface area contributed by atoms with Crippen LogP contribution in [0.4, 0.5) is 10.2 Å². The van der Waals surface area contributed by atoms with E-state index in [9.17, 15) is 4.39 Å². The fraction of sp³-hybridized carbons (Fsp3) is 0.273. The lowest BCUT2D eigenvalue weighted by Gasteiger charge is -2.05. The van der Waals surface area contributed by atoms with Crippen molar-refractivity contribution in [3.63, 3.8) is 0 Å². The van der Waals surface area contributed by atoms with Crippen LogP contribution in [0, 0.1) is 12.7 Å². The molecule has 3 nitrogen and oxygen atoms in total. The van der Waals surface area contributed by atoms with E-state index in [0.717, 1.165) is 0 Å². The Morgan fingerprint density at radius 1 is 1.33 bits per heavy atom. The summed E-state index contributed by atoms with van der Waals surface area (Å²) in [5, 5.41) is 0.714. The molecule has 0 saturated heterocycles. The van der Waals surface area contributed by atoms with E-state index >= 15 is 0 Å². The van der Waals surface area contributed by atoms with Gasteiger partial charge in [0.2, 0.25) is 0 Å². The second kappa shape index (κ2) is 3.46. The smallest absolute Gasteiger partial charge is 0.135 e. The third kappa shape index (κ3) is 1.63. The van der Waals surface area contributed by atoms with Crippen LogP contribution in [0.5, 0.6) is 0 Å². The van der Waals surface area contributed by atoms with E-state index in [1.165, 1.54) is 6.07 Å². The van der Waals surface area contributed by atoms with Gasteiger partial charge in [0.1, 0.15) is 17.5 Å². The average Bonchev–Trinajstić information content (AvgIpc) is 2.21. The summed E-state index contributed by atoms with van der Waals surface area (Å²) in [5.41, 5.74) is 6.91. The van der Waals surface area contributed by atoms with E-state index in [-0.39, 0.29) is 5.82 Å². The Morgan fingerprint density at radius 3 is 2.73 bits per heavy atom. The molecule has 2 N–H and O–H groups in total. The molecule has 0 amide bonds. The molecule has 0 aliphatic carbocycles. The zero-order chi connectivity index (χ0) is 11.0. The Morgan fingerprint density at radius 2 is 2.07 bits per heavy atom. The van der Waals surface area contributed by atoms with Gasteiger partial charge in [-0.25, -0.2) is 14.4 Å². The number of nitrogens with zero attached hydrogens (tertiary/aromatic N) is 2. The second-order valence-electron chi connectivity index (χ2n) is 3.50. The summed E-state index contributed by atoms with van der Waals surface area (Å²) in [6.07, 6.45) is 0.690. The number of halogens is 1. The number of benzene rings is 1. The number of hydrogen-bond donors (Lipinski definition) is 1. The summed E-state index contributed by atoms with van der Waals surface area (Å²) in [4.78, 5) is 8.36. The van der Waals surface area contributed by atoms with Crippen molar-refractivity contribution < 1.29 is 4.39 Å². The first-order valence-electron chi connectivity index (χ1n) is 4.84. The van der Waals surface area contributed by atoms with Crippen LogP contribution in [0.25, 0.3) is 10.9 Å². The molecular formula is C11H12FN3. The maximum absolute atomic E-state index is 13.3. The highest BCUT2D eigenvalue weighted by atomic mass is 19.1. The molecule has 0 spiro atoms. The van der Waals surface area contributed by atoms with Gasteiger partial charge in [0.25, 0.3) is 0 Å². The van der Waals surface area contributed by atoms with Crippen molar-refractivity contribution in [2.24, 2.45) is 0 Å². The Kier molecular flexibility index (Phi) is 2.26. The molecule has 0 saturated carbocycles. The first-order valence-corrected chi connectivity index (χ1v) is 4.84. The van der Waals surface area contributed by atoms with Gasteiger partial charge in [0, 0.05) is 17.9 Å². The number of anilines is 1. The number of aromatic nitrogens is 2. The highest BCUT2D eigenvalue weighted by Gasteiger charge is 2.07. The molecule has 1 aromatic carbocycles. The van der Waals surface area contributed by atoms with Crippen LogP contribution < -0.4 is 5.73 Å². The van der Waals surface area contributed by atoms with Crippen LogP contribution >= 0.6 is 0 Å². The number of fused-ring (bicyclic) bond motifs is 1. The number of hydrogen-bond acceptors (Lipinski definition) is 3. The highest BCUT2D eigenvalue weighted by Crippen LogP contribution is 2.21. The lowest BCUT2D eigenvalue weighted by Crippen LogP contribution is -2.00. The Bertz CT molecular complexity index is 523. The van der Waals surface area contributed by atoms with E-state index in [4.69, 9.17) is 5.73 Å². The molecule has 0 aliphatic rings. The summed E-state index contributed by atoms with van der Waals surface area (Å²) in [7, 11) is 0. The molecule has 1 aromatic heterocycles. The van der Waals surface area contributed by atoms with Crippen molar-refractivity contribution in [3.8, 4) is 0 Å². The molecule has 4 heteroatoms. The summed E-state index contributed by atoms with van der Waals surface area (Å²) < 4.78 is 13.3. The van der Waals surface area contributed by atoms with Crippen molar-refractivity contribution in [3.05, 3.63) is 29.3 Å². The zero-order valence-electron chi connectivity index (χ0n) is 8.71. The van der Waals surface area contributed by atoms with Crippen molar-refractivity contribution in [2.45, 2.75) is 20.3 Å². The van der Waals surface area contributed by atoms with Gasteiger partial charge in [-0.1, -0.05) is 6.92 Å². The molecule has 2 rings (SSSR count). The van der Waals surface area contributed by atoms with E-state index in [0.29, 0.717) is 34.5 Å². The molecule has 0 fully saturated rings. The summed E-state index contributed by atoms with van der Waals surface area (Å²) >= 11 is 0. The van der Waals surface area contributed by atoms with Crippen LogP contribution in [0.1, 0.15) is 18.3 Å². The summed E-state index contributed by atoms with van der Waals surface area (Å²) in [6, 6.07) is 3.08. The number of aryl methyl sites for hydroxylation is 2. The Balaban J connectivity index is 2.80. The minimum absolute atomic E-state index is 0.261. The lowest BCUT2D eigenvalue weighted by atomic mass is 10.1. The molecule has 0 bridgehead atoms. The fourth-order valence-electron chi connectivity index (χ4n) is 1.49. The van der Waals surface area contributed by atoms with Crippen molar-refractivity contribution in [1.29, 1.82) is 0 Å². The Labute approximate surface area is 87.2 Å². The van der Waals surface area contributed by atoms with Crippen LogP contribution in [-0.4, -0.2) is 9.97 Å². The van der Waals surface area contributed by atoms with Crippen LogP contribution in [0.2, 0.25) is 0 Å². The van der Waals surface area contributed by atoms with E-state index < -0.39 is 0 Å². The monoisotopic (exact) mass is 205 g/mol. The molecule has 0 atom stereocenters. The van der Waals surface area contributed by atoms with Crippen molar-refractivity contribution in [2.75, 3.05) is 5.73 Å². The van der Waals surface area contributed by atoms with Gasteiger partial charge < -0.3 is 5.73 Å². The predicted molar refractivity (Wildman–Crippen MR) is 58.0 cm³/mol. The Hall–Kier alpha value is -1.71. The summed E-state index contributed by atoms with van der Waals surface area (Å²) in [5.74, 6) is 0.797. The fourth-order valence-corrected chi connectivity index (χ4v) is 1.49. The highest BCUT2D eigenvalue weighted by molar-refractivity contribution is 5.88. The minimum atomic E-state index is -0.261. The van der Waals surface area contributed by atoms with Crippen LogP contribution in [0.3, 0.4) is 0 Å². The minimum Gasteiger partial charge on any atom is -0.383 e. The molecule has 0 unspecified atom stereocenters. The molecule has 0 aliphatic heterocycles. The maximum Gasteiger partial charge on any atom is 0.135 e. The van der Waals surface area contributed by atoms with Crippen molar-refractivity contribution >= 4 is 16.7 Å². The number of nitrogens with two attached hydrogens (primary N) is 1.